The van der Waals surface area contributed by atoms with Gasteiger partial charge in [0.05, 0.1) is 6.61 Å². The Morgan fingerprint density at radius 1 is 1.50 bits per heavy atom. The third kappa shape index (κ3) is 5.22. The molecular weight excluding hydrogens is 249 g/mol. The number of amides is 1. The van der Waals surface area contributed by atoms with E-state index in [-0.39, 0.29) is 19.0 Å². The number of halogens is 3. The van der Waals surface area contributed by atoms with Crippen molar-refractivity contribution in [1.82, 2.24) is 10.2 Å². The Labute approximate surface area is 104 Å². The van der Waals surface area contributed by atoms with Crippen molar-refractivity contribution in [2.24, 2.45) is 5.92 Å². The fourth-order valence-electron chi connectivity index (χ4n) is 1.82. The lowest BCUT2D eigenvalue weighted by atomic mass is 10.2. The summed E-state index contributed by atoms with van der Waals surface area (Å²) in [5.41, 5.74) is 0. The number of nitrogens with zero attached hydrogens (tertiary/aromatic N) is 1. The lowest BCUT2D eigenvalue weighted by Gasteiger charge is -2.31. The highest BCUT2D eigenvalue weighted by molar-refractivity contribution is 5.81. The Bertz CT molecular complexity index is 276. The highest BCUT2D eigenvalue weighted by atomic mass is 19.4. The average molecular weight is 268 g/mol. The fourth-order valence-corrected chi connectivity index (χ4v) is 1.82. The van der Waals surface area contributed by atoms with Crippen LogP contribution >= 0.6 is 0 Å². The first-order valence-electron chi connectivity index (χ1n) is 5.97. The quantitative estimate of drug-likeness (QED) is 0.827. The van der Waals surface area contributed by atoms with Gasteiger partial charge >= 0.3 is 6.18 Å². The second kappa shape index (κ2) is 6.38. The van der Waals surface area contributed by atoms with Crippen molar-refractivity contribution in [3.05, 3.63) is 0 Å². The first kappa shape index (κ1) is 15.2. The summed E-state index contributed by atoms with van der Waals surface area (Å²) >= 11 is 0. The standard InChI is InChI=1S/C11H19F3N2O2/c1-8(2)6-16(7-11(12,13)14)10(17)9-5-15-3-4-18-9/h8-9,15H,3-7H2,1-2H3. The zero-order valence-electron chi connectivity index (χ0n) is 10.6. The molecule has 0 aliphatic carbocycles. The van der Waals surface area contributed by atoms with Gasteiger partial charge in [-0.15, -0.1) is 0 Å². The zero-order valence-corrected chi connectivity index (χ0v) is 10.6. The van der Waals surface area contributed by atoms with Crippen LogP contribution in [-0.2, 0) is 9.53 Å². The largest absolute Gasteiger partial charge is 0.406 e. The molecule has 18 heavy (non-hydrogen) atoms. The molecule has 1 heterocycles. The predicted molar refractivity (Wildman–Crippen MR) is 60.1 cm³/mol. The Hall–Kier alpha value is -0.820. The fraction of sp³-hybridized carbons (Fsp3) is 0.909. The number of rotatable bonds is 4. The average Bonchev–Trinajstić information content (AvgIpc) is 2.26. The number of nitrogens with one attached hydrogen (secondary N) is 1. The van der Waals surface area contributed by atoms with Crippen LogP contribution in [0.4, 0.5) is 13.2 Å². The summed E-state index contributed by atoms with van der Waals surface area (Å²) in [5.74, 6) is -0.610. The molecule has 0 radical (unpaired) electrons. The maximum atomic E-state index is 12.4. The highest BCUT2D eigenvalue weighted by Crippen LogP contribution is 2.18. The van der Waals surface area contributed by atoms with Crippen molar-refractivity contribution >= 4 is 5.91 Å². The van der Waals surface area contributed by atoms with Crippen LogP contribution in [0.15, 0.2) is 0 Å². The second-order valence-electron chi connectivity index (χ2n) is 4.79. The van der Waals surface area contributed by atoms with Crippen LogP contribution in [0.3, 0.4) is 0 Å². The summed E-state index contributed by atoms with van der Waals surface area (Å²) in [6, 6.07) is 0. The predicted octanol–water partition coefficient (Wildman–Crippen LogP) is 1.02. The Morgan fingerprint density at radius 2 is 2.17 bits per heavy atom. The monoisotopic (exact) mass is 268 g/mol. The number of alkyl halides is 3. The lowest BCUT2D eigenvalue weighted by molar-refractivity contribution is -0.170. The van der Waals surface area contributed by atoms with E-state index >= 15 is 0 Å². The molecule has 1 rings (SSSR count). The number of hydrogen-bond donors (Lipinski definition) is 1. The summed E-state index contributed by atoms with van der Waals surface area (Å²) in [4.78, 5) is 12.8. The van der Waals surface area contributed by atoms with Gasteiger partial charge in [-0.1, -0.05) is 13.8 Å². The first-order chi connectivity index (χ1) is 8.29. The minimum Gasteiger partial charge on any atom is -0.366 e. The van der Waals surface area contributed by atoms with Crippen molar-refractivity contribution in [3.63, 3.8) is 0 Å². The number of morpholine rings is 1. The van der Waals surface area contributed by atoms with Crippen LogP contribution < -0.4 is 5.32 Å². The molecule has 4 nitrogen and oxygen atoms in total. The number of carbonyl (C=O) groups is 1. The summed E-state index contributed by atoms with van der Waals surface area (Å²) < 4.78 is 42.5. The van der Waals surface area contributed by atoms with Gasteiger partial charge in [0.15, 0.2) is 0 Å². The van der Waals surface area contributed by atoms with E-state index in [1.54, 1.807) is 13.8 Å². The molecule has 7 heteroatoms. The van der Waals surface area contributed by atoms with Gasteiger partial charge in [0, 0.05) is 19.6 Å². The van der Waals surface area contributed by atoms with E-state index in [4.69, 9.17) is 4.74 Å². The molecule has 0 bridgehead atoms. The molecule has 1 aliphatic rings. The van der Waals surface area contributed by atoms with E-state index < -0.39 is 24.7 Å². The summed E-state index contributed by atoms with van der Waals surface area (Å²) in [6.45, 7) is 3.64. The SMILES string of the molecule is CC(C)CN(CC(F)(F)F)C(=O)C1CNCCO1. The number of ether oxygens (including phenoxy) is 1. The van der Waals surface area contributed by atoms with Crippen molar-refractivity contribution in [2.75, 3.05) is 32.8 Å². The van der Waals surface area contributed by atoms with Crippen LogP contribution in [0.2, 0.25) is 0 Å². The minimum absolute atomic E-state index is 0.0205. The van der Waals surface area contributed by atoms with E-state index in [1.165, 1.54) is 0 Å². The molecular formula is C11H19F3N2O2. The third-order valence-electron chi connectivity index (χ3n) is 2.47. The highest BCUT2D eigenvalue weighted by Gasteiger charge is 2.36. The maximum Gasteiger partial charge on any atom is 0.406 e. The van der Waals surface area contributed by atoms with Crippen molar-refractivity contribution in [1.29, 1.82) is 0 Å². The Kier molecular flexibility index (Phi) is 5.40. The Morgan fingerprint density at radius 3 is 2.61 bits per heavy atom. The van der Waals surface area contributed by atoms with Crippen LogP contribution in [0.25, 0.3) is 0 Å². The molecule has 1 unspecified atom stereocenters. The van der Waals surface area contributed by atoms with Crippen molar-refractivity contribution in [2.45, 2.75) is 26.1 Å². The molecule has 106 valence electrons. The lowest BCUT2D eigenvalue weighted by Crippen LogP contribution is -2.52. The molecule has 0 aromatic carbocycles. The number of hydrogen-bond acceptors (Lipinski definition) is 3. The smallest absolute Gasteiger partial charge is 0.366 e. The van der Waals surface area contributed by atoms with Gasteiger partial charge in [-0.2, -0.15) is 13.2 Å². The molecule has 0 aromatic rings. The summed E-state index contributed by atoms with van der Waals surface area (Å²) in [5, 5.41) is 2.93. The normalized spacial score (nSPS) is 21.1. The minimum atomic E-state index is -4.38. The second-order valence-corrected chi connectivity index (χ2v) is 4.79. The van der Waals surface area contributed by atoms with E-state index in [1.807, 2.05) is 0 Å². The van der Waals surface area contributed by atoms with E-state index in [0.29, 0.717) is 13.2 Å². The van der Waals surface area contributed by atoms with E-state index in [2.05, 4.69) is 5.32 Å². The molecule has 1 fully saturated rings. The molecule has 1 amide bonds. The molecule has 1 atom stereocenters. The Balaban J connectivity index is 2.65. The van der Waals surface area contributed by atoms with Gasteiger partial charge in [-0.25, -0.2) is 0 Å². The number of carbonyl (C=O) groups excluding carboxylic acids is 1. The molecule has 0 aromatic heterocycles. The van der Waals surface area contributed by atoms with Crippen LogP contribution in [0.5, 0.6) is 0 Å². The third-order valence-corrected chi connectivity index (χ3v) is 2.47. The molecule has 0 spiro atoms. The van der Waals surface area contributed by atoms with Crippen LogP contribution in [-0.4, -0.2) is 55.9 Å². The van der Waals surface area contributed by atoms with Gasteiger partial charge in [-0.3, -0.25) is 4.79 Å². The van der Waals surface area contributed by atoms with Gasteiger partial charge in [0.2, 0.25) is 0 Å². The molecule has 1 saturated heterocycles. The molecule has 1 N–H and O–H groups in total. The van der Waals surface area contributed by atoms with Gasteiger partial charge in [0.1, 0.15) is 12.6 Å². The van der Waals surface area contributed by atoms with E-state index in [0.717, 1.165) is 4.90 Å². The summed E-state index contributed by atoms with van der Waals surface area (Å²) in [6.07, 6.45) is -5.19. The van der Waals surface area contributed by atoms with Crippen LogP contribution in [0, 0.1) is 5.92 Å². The maximum absolute atomic E-state index is 12.4. The van der Waals surface area contributed by atoms with Gasteiger partial charge in [-0.05, 0) is 5.92 Å². The van der Waals surface area contributed by atoms with Crippen LogP contribution in [0.1, 0.15) is 13.8 Å². The topological polar surface area (TPSA) is 41.6 Å². The van der Waals surface area contributed by atoms with Gasteiger partial charge < -0.3 is 15.0 Å². The van der Waals surface area contributed by atoms with Gasteiger partial charge in [0.25, 0.3) is 5.91 Å². The first-order valence-corrected chi connectivity index (χ1v) is 5.97. The van der Waals surface area contributed by atoms with Crippen molar-refractivity contribution in [3.8, 4) is 0 Å². The summed E-state index contributed by atoms with van der Waals surface area (Å²) in [7, 11) is 0. The zero-order chi connectivity index (χ0) is 13.8. The van der Waals surface area contributed by atoms with Crippen molar-refractivity contribution < 1.29 is 22.7 Å². The molecule has 1 aliphatic heterocycles. The molecule has 0 saturated carbocycles. The van der Waals surface area contributed by atoms with E-state index in [9.17, 15) is 18.0 Å².